The van der Waals surface area contributed by atoms with E-state index < -0.39 is 11.7 Å². The van der Waals surface area contributed by atoms with Crippen LogP contribution in [0.15, 0.2) is 24.3 Å². The molecule has 3 fully saturated rings. The second-order valence-electron chi connectivity index (χ2n) is 8.23. The fraction of sp³-hybridized carbons (Fsp3) is 0.619. The predicted molar refractivity (Wildman–Crippen MR) is 97.0 cm³/mol. The molecule has 1 heterocycles. The van der Waals surface area contributed by atoms with E-state index in [2.05, 4.69) is 0 Å². The number of nitrogens with zero attached hydrogens (tertiary/aromatic N) is 2. The Kier molecular flexibility index (Phi) is 5.10. The minimum Gasteiger partial charge on any atom is -0.342 e. The van der Waals surface area contributed by atoms with Crippen LogP contribution in [0, 0.1) is 11.8 Å². The summed E-state index contributed by atoms with van der Waals surface area (Å²) in [6.07, 6.45) is 0.391. The fourth-order valence-corrected chi connectivity index (χ4v) is 4.06. The molecule has 2 amide bonds. The lowest BCUT2D eigenvalue weighted by atomic mass is 9.94. The number of halogens is 3. The number of rotatable bonds is 5. The SMILES string of the molecule is O=C(C1CC1)N1CCC(C(=O)N(Cc2ccccc2C(F)(F)F)C2CC2)CC1. The lowest BCUT2D eigenvalue weighted by Crippen LogP contribution is -2.45. The normalized spacial score (nSPS) is 20.9. The second kappa shape index (κ2) is 7.41. The van der Waals surface area contributed by atoms with Crippen molar-refractivity contribution in [3.63, 3.8) is 0 Å². The molecule has 4 nitrogen and oxygen atoms in total. The molecule has 1 aromatic carbocycles. The Bertz CT molecular complexity index is 748. The van der Waals surface area contributed by atoms with Crippen molar-refractivity contribution in [2.45, 2.75) is 57.3 Å². The molecule has 0 radical (unpaired) electrons. The van der Waals surface area contributed by atoms with Gasteiger partial charge in [0.1, 0.15) is 0 Å². The molecule has 2 aliphatic carbocycles. The van der Waals surface area contributed by atoms with E-state index in [4.69, 9.17) is 0 Å². The van der Waals surface area contributed by atoms with Crippen molar-refractivity contribution >= 4 is 11.8 Å². The van der Waals surface area contributed by atoms with Crippen LogP contribution in [0.2, 0.25) is 0 Å². The molecule has 3 aliphatic rings. The Hall–Kier alpha value is -2.05. The van der Waals surface area contributed by atoms with Gasteiger partial charge in [0, 0.05) is 37.5 Å². The molecule has 152 valence electrons. The highest BCUT2D eigenvalue weighted by Crippen LogP contribution is 2.37. The van der Waals surface area contributed by atoms with Crippen molar-refractivity contribution < 1.29 is 22.8 Å². The van der Waals surface area contributed by atoms with E-state index in [0.29, 0.717) is 25.9 Å². The van der Waals surface area contributed by atoms with E-state index >= 15 is 0 Å². The van der Waals surface area contributed by atoms with Gasteiger partial charge >= 0.3 is 6.18 Å². The molecule has 2 saturated carbocycles. The van der Waals surface area contributed by atoms with Gasteiger partial charge in [0.05, 0.1) is 5.56 Å². The Morgan fingerprint density at radius 2 is 1.61 bits per heavy atom. The van der Waals surface area contributed by atoms with Gasteiger partial charge in [-0.25, -0.2) is 0 Å². The first kappa shape index (κ1) is 19.3. The first-order valence-corrected chi connectivity index (χ1v) is 10.1. The maximum Gasteiger partial charge on any atom is 0.416 e. The fourth-order valence-electron chi connectivity index (χ4n) is 4.06. The molecule has 0 spiro atoms. The molecule has 0 bridgehead atoms. The van der Waals surface area contributed by atoms with E-state index in [1.165, 1.54) is 12.1 Å². The highest BCUT2D eigenvalue weighted by molar-refractivity contribution is 5.82. The molecule has 0 unspecified atom stereocenters. The summed E-state index contributed by atoms with van der Waals surface area (Å²) >= 11 is 0. The van der Waals surface area contributed by atoms with E-state index in [0.717, 1.165) is 31.7 Å². The van der Waals surface area contributed by atoms with E-state index in [-0.39, 0.29) is 41.8 Å². The predicted octanol–water partition coefficient (Wildman–Crippen LogP) is 3.85. The van der Waals surface area contributed by atoms with Gasteiger partial charge in [-0.15, -0.1) is 0 Å². The quantitative estimate of drug-likeness (QED) is 0.761. The first-order chi connectivity index (χ1) is 13.3. The largest absolute Gasteiger partial charge is 0.416 e. The summed E-state index contributed by atoms with van der Waals surface area (Å²) in [7, 11) is 0. The van der Waals surface area contributed by atoms with E-state index in [9.17, 15) is 22.8 Å². The molecular formula is C21H25F3N2O2. The molecular weight excluding hydrogens is 369 g/mol. The van der Waals surface area contributed by atoms with Crippen LogP contribution in [-0.4, -0.2) is 40.7 Å². The number of carbonyl (C=O) groups is 2. The number of amides is 2. The lowest BCUT2D eigenvalue weighted by Gasteiger charge is -2.35. The lowest BCUT2D eigenvalue weighted by molar-refractivity contribution is -0.143. The average molecular weight is 394 g/mol. The summed E-state index contributed by atoms with van der Waals surface area (Å²) in [6, 6.07) is 5.54. The van der Waals surface area contributed by atoms with Gasteiger partial charge in [-0.05, 0) is 50.2 Å². The number of benzene rings is 1. The number of piperidine rings is 1. The minimum absolute atomic E-state index is 0.000399. The summed E-state index contributed by atoms with van der Waals surface area (Å²) in [6.45, 7) is 1.15. The van der Waals surface area contributed by atoms with E-state index in [1.54, 1.807) is 11.0 Å². The Labute approximate surface area is 162 Å². The highest BCUT2D eigenvalue weighted by atomic mass is 19.4. The number of carbonyl (C=O) groups excluding carboxylic acids is 2. The second-order valence-corrected chi connectivity index (χ2v) is 8.23. The van der Waals surface area contributed by atoms with Crippen molar-refractivity contribution in [3.8, 4) is 0 Å². The van der Waals surface area contributed by atoms with Crippen LogP contribution in [-0.2, 0) is 22.3 Å². The van der Waals surface area contributed by atoms with Crippen molar-refractivity contribution in [1.82, 2.24) is 9.80 Å². The zero-order valence-corrected chi connectivity index (χ0v) is 15.8. The van der Waals surface area contributed by atoms with Gasteiger partial charge in [-0.3, -0.25) is 9.59 Å². The van der Waals surface area contributed by atoms with Gasteiger partial charge in [0.15, 0.2) is 0 Å². The van der Waals surface area contributed by atoms with Gasteiger partial charge in [-0.1, -0.05) is 18.2 Å². The average Bonchev–Trinajstić information content (AvgIpc) is 3.57. The molecule has 1 aromatic rings. The molecule has 0 N–H and O–H groups in total. The monoisotopic (exact) mass is 394 g/mol. The summed E-state index contributed by atoms with van der Waals surface area (Å²) < 4.78 is 40.0. The number of alkyl halides is 3. The van der Waals surface area contributed by atoms with E-state index in [1.807, 2.05) is 4.90 Å². The summed E-state index contributed by atoms with van der Waals surface area (Å²) in [5.41, 5.74) is -0.519. The van der Waals surface area contributed by atoms with Gasteiger partial charge in [0.25, 0.3) is 0 Å². The topological polar surface area (TPSA) is 40.6 Å². The molecule has 28 heavy (non-hydrogen) atoms. The third kappa shape index (κ3) is 4.18. The number of likely N-dealkylation sites (tertiary alicyclic amines) is 1. The zero-order valence-electron chi connectivity index (χ0n) is 15.8. The van der Waals surface area contributed by atoms with Crippen LogP contribution in [0.4, 0.5) is 13.2 Å². The third-order valence-corrected chi connectivity index (χ3v) is 6.02. The Morgan fingerprint density at radius 3 is 2.18 bits per heavy atom. The zero-order chi connectivity index (χ0) is 19.9. The summed E-state index contributed by atoms with van der Waals surface area (Å²) in [4.78, 5) is 28.8. The third-order valence-electron chi connectivity index (χ3n) is 6.02. The molecule has 1 saturated heterocycles. The Balaban J connectivity index is 1.43. The van der Waals surface area contributed by atoms with Crippen LogP contribution < -0.4 is 0 Å². The smallest absolute Gasteiger partial charge is 0.342 e. The number of hydrogen-bond acceptors (Lipinski definition) is 2. The maximum absolute atomic E-state index is 13.3. The van der Waals surface area contributed by atoms with Crippen LogP contribution in [0.1, 0.15) is 49.7 Å². The van der Waals surface area contributed by atoms with Crippen molar-refractivity contribution in [3.05, 3.63) is 35.4 Å². The molecule has 7 heteroatoms. The number of hydrogen-bond donors (Lipinski definition) is 0. The van der Waals surface area contributed by atoms with Gasteiger partial charge in [0.2, 0.25) is 11.8 Å². The summed E-state index contributed by atoms with van der Waals surface area (Å²) in [5, 5.41) is 0. The first-order valence-electron chi connectivity index (χ1n) is 10.1. The van der Waals surface area contributed by atoms with Crippen LogP contribution in [0.25, 0.3) is 0 Å². The Morgan fingerprint density at radius 1 is 0.964 bits per heavy atom. The van der Waals surface area contributed by atoms with Crippen LogP contribution in [0.3, 0.4) is 0 Å². The van der Waals surface area contributed by atoms with Crippen molar-refractivity contribution in [1.29, 1.82) is 0 Å². The van der Waals surface area contributed by atoms with Crippen molar-refractivity contribution in [2.75, 3.05) is 13.1 Å². The molecule has 0 atom stereocenters. The minimum atomic E-state index is -4.43. The van der Waals surface area contributed by atoms with Crippen molar-refractivity contribution in [2.24, 2.45) is 11.8 Å². The van der Waals surface area contributed by atoms with Gasteiger partial charge in [-0.2, -0.15) is 13.2 Å². The molecule has 4 rings (SSSR count). The maximum atomic E-state index is 13.3. The molecule has 0 aromatic heterocycles. The highest BCUT2D eigenvalue weighted by Gasteiger charge is 2.41. The molecule has 1 aliphatic heterocycles. The van der Waals surface area contributed by atoms with Crippen LogP contribution >= 0.6 is 0 Å². The van der Waals surface area contributed by atoms with Gasteiger partial charge < -0.3 is 9.80 Å². The van der Waals surface area contributed by atoms with Crippen LogP contribution in [0.5, 0.6) is 0 Å². The summed E-state index contributed by atoms with van der Waals surface area (Å²) in [5.74, 6) is 0.109. The standard InChI is InChI=1S/C21H25F3N2O2/c22-21(23,24)18-4-2-1-3-16(18)13-26(17-7-8-17)20(28)15-9-11-25(12-10-15)19(27)14-5-6-14/h1-4,14-15,17H,5-13H2.